The Bertz CT molecular complexity index is 1340. The SMILES string of the molecule is Cc1nc(N2CCCc3nc(C(C)NC(=O)c4ccc(Cl)cc4)ccc32)c2ccccc2n1. The van der Waals surface area contributed by atoms with Crippen LogP contribution in [0, 0.1) is 6.92 Å². The first-order valence-corrected chi connectivity index (χ1v) is 11.4. The molecule has 1 atom stereocenters. The molecule has 0 bridgehead atoms. The zero-order chi connectivity index (χ0) is 22.9. The molecule has 2 aromatic carbocycles. The Morgan fingerprint density at radius 3 is 2.64 bits per heavy atom. The van der Waals surface area contributed by atoms with Crippen LogP contribution in [-0.2, 0) is 6.42 Å². The van der Waals surface area contributed by atoms with Gasteiger partial charge in [-0.15, -0.1) is 0 Å². The highest BCUT2D eigenvalue weighted by atomic mass is 35.5. The number of carbonyl (C=O) groups excluding carboxylic acids is 1. The lowest BCUT2D eigenvalue weighted by atomic mass is 10.0. The molecule has 1 N–H and O–H groups in total. The number of pyridine rings is 1. The number of benzene rings is 2. The third-order valence-electron chi connectivity index (χ3n) is 5.91. The predicted molar refractivity (Wildman–Crippen MR) is 131 cm³/mol. The summed E-state index contributed by atoms with van der Waals surface area (Å²) in [5.74, 6) is 1.51. The Labute approximate surface area is 197 Å². The highest BCUT2D eigenvalue weighted by molar-refractivity contribution is 6.30. The predicted octanol–water partition coefficient (Wildman–Crippen LogP) is 5.56. The van der Waals surface area contributed by atoms with E-state index < -0.39 is 0 Å². The van der Waals surface area contributed by atoms with E-state index >= 15 is 0 Å². The number of anilines is 2. The Hall–Kier alpha value is -3.51. The molecule has 0 saturated carbocycles. The summed E-state index contributed by atoms with van der Waals surface area (Å²) in [6, 6.07) is 18.8. The van der Waals surface area contributed by atoms with Gasteiger partial charge in [0.05, 0.1) is 28.6 Å². The van der Waals surface area contributed by atoms with Gasteiger partial charge in [0.2, 0.25) is 0 Å². The van der Waals surface area contributed by atoms with Crippen LogP contribution in [0.15, 0.2) is 60.7 Å². The number of aryl methyl sites for hydroxylation is 2. The van der Waals surface area contributed by atoms with Crippen LogP contribution in [0.25, 0.3) is 10.9 Å². The van der Waals surface area contributed by atoms with Gasteiger partial charge in [-0.05, 0) is 75.2 Å². The van der Waals surface area contributed by atoms with Crippen LogP contribution in [0.5, 0.6) is 0 Å². The van der Waals surface area contributed by atoms with E-state index in [0.717, 1.165) is 59.0 Å². The Morgan fingerprint density at radius 1 is 1.03 bits per heavy atom. The molecule has 0 spiro atoms. The van der Waals surface area contributed by atoms with Crippen LogP contribution in [0.2, 0.25) is 5.02 Å². The summed E-state index contributed by atoms with van der Waals surface area (Å²) in [5, 5.41) is 4.67. The average molecular weight is 458 g/mol. The summed E-state index contributed by atoms with van der Waals surface area (Å²) in [5.41, 5.74) is 4.43. The van der Waals surface area contributed by atoms with Crippen LogP contribution in [0.1, 0.15) is 47.0 Å². The van der Waals surface area contributed by atoms with E-state index in [9.17, 15) is 4.79 Å². The molecule has 1 unspecified atom stereocenters. The average Bonchev–Trinajstić information content (AvgIpc) is 2.83. The highest BCUT2D eigenvalue weighted by Gasteiger charge is 2.24. The molecule has 5 rings (SSSR count). The zero-order valence-electron chi connectivity index (χ0n) is 18.5. The van der Waals surface area contributed by atoms with Gasteiger partial charge in [0, 0.05) is 22.5 Å². The van der Waals surface area contributed by atoms with E-state index in [1.54, 1.807) is 24.3 Å². The maximum atomic E-state index is 12.6. The molecule has 166 valence electrons. The van der Waals surface area contributed by atoms with Crippen LogP contribution < -0.4 is 10.2 Å². The van der Waals surface area contributed by atoms with Gasteiger partial charge in [-0.2, -0.15) is 0 Å². The number of rotatable bonds is 4. The molecule has 7 heteroatoms. The molecule has 0 fully saturated rings. The molecule has 33 heavy (non-hydrogen) atoms. The lowest BCUT2D eigenvalue weighted by molar-refractivity contribution is 0.0939. The lowest BCUT2D eigenvalue weighted by Gasteiger charge is -2.31. The minimum atomic E-state index is -0.226. The monoisotopic (exact) mass is 457 g/mol. The molecule has 0 aliphatic carbocycles. The van der Waals surface area contributed by atoms with Crippen molar-refractivity contribution in [3.63, 3.8) is 0 Å². The van der Waals surface area contributed by atoms with E-state index in [1.807, 2.05) is 38.1 Å². The first kappa shape index (κ1) is 21.3. The Balaban J connectivity index is 1.43. The molecule has 2 aromatic heterocycles. The normalized spacial score (nSPS) is 14.1. The molecule has 1 aliphatic heterocycles. The number of amides is 1. The van der Waals surface area contributed by atoms with Crippen molar-refractivity contribution in [1.82, 2.24) is 20.3 Å². The second-order valence-electron chi connectivity index (χ2n) is 8.27. The molecular formula is C26H24ClN5O. The summed E-state index contributed by atoms with van der Waals surface area (Å²) in [6.07, 6.45) is 1.87. The fourth-order valence-electron chi connectivity index (χ4n) is 4.26. The van der Waals surface area contributed by atoms with Crippen molar-refractivity contribution in [3.8, 4) is 0 Å². The van der Waals surface area contributed by atoms with Gasteiger partial charge in [0.15, 0.2) is 0 Å². The van der Waals surface area contributed by atoms with Gasteiger partial charge in [-0.1, -0.05) is 23.7 Å². The van der Waals surface area contributed by atoms with Gasteiger partial charge in [-0.3, -0.25) is 9.78 Å². The fraction of sp³-hybridized carbons (Fsp3) is 0.231. The number of hydrogen-bond acceptors (Lipinski definition) is 5. The van der Waals surface area contributed by atoms with Gasteiger partial charge in [-0.25, -0.2) is 9.97 Å². The zero-order valence-corrected chi connectivity index (χ0v) is 19.3. The number of aromatic nitrogens is 3. The Kier molecular flexibility index (Phi) is 5.68. The topological polar surface area (TPSA) is 71.0 Å². The van der Waals surface area contributed by atoms with Gasteiger partial charge >= 0.3 is 0 Å². The summed E-state index contributed by atoms with van der Waals surface area (Å²) in [6.45, 7) is 4.74. The van der Waals surface area contributed by atoms with Gasteiger partial charge in [0.1, 0.15) is 11.6 Å². The quantitative estimate of drug-likeness (QED) is 0.434. The van der Waals surface area contributed by atoms with Crippen molar-refractivity contribution in [2.45, 2.75) is 32.7 Å². The first-order valence-electron chi connectivity index (χ1n) is 11.1. The number of nitrogens with zero attached hydrogens (tertiary/aromatic N) is 4. The van der Waals surface area contributed by atoms with Crippen LogP contribution >= 0.6 is 11.6 Å². The number of para-hydroxylation sites is 1. The summed E-state index contributed by atoms with van der Waals surface area (Å²) in [7, 11) is 0. The maximum absolute atomic E-state index is 12.6. The smallest absolute Gasteiger partial charge is 0.251 e. The van der Waals surface area contributed by atoms with Crippen LogP contribution in [0.4, 0.5) is 11.5 Å². The molecule has 1 aliphatic rings. The molecule has 4 aromatic rings. The van der Waals surface area contributed by atoms with Crippen molar-refractivity contribution >= 4 is 39.9 Å². The van der Waals surface area contributed by atoms with Crippen molar-refractivity contribution in [2.24, 2.45) is 0 Å². The number of nitrogens with one attached hydrogen (secondary N) is 1. The lowest BCUT2D eigenvalue weighted by Crippen LogP contribution is -2.29. The molecule has 0 radical (unpaired) electrons. The standard InChI is InChI=1S/C26H24ClN5O/c1-16(28-26(33)18-9-11-19(27)12-10-18)21-13-14-24-23(31-21)8-5-15-32(24)25-20-6-3-4-7-22(20)29-17(2)30-25/h3-4,6-7,9-14,16H,5,8,15H2,1-2H3,(H,28,33). The summed E-state index contributed by atoms with van der Waals surface area (Å²) < 4.78 is 0. The maximum Gasteiger partial charge on any atom is 0.251 e. The van der Waals surface area contributed by atoms with Crippen molar-refractivity contribution in [2.75, 3.05) is 11.4 Å². The highest BCUT2D eigenvalue weighted by Crippen LogP contribution is 2.35. The van der Waals surface area contributed by atoms with E-state index in [4.69, 9.17) is 21.6 Å². The van der Waals surface area contributed by atoms with E-state index in [1.165, 1.54) is 0 Å². The van der Waals surface area contributed by atoms with E-state index in [2.05, 4.69) is 27.3 Å². The number of carbonyl (C=O) groups is 1. The van der Waals surface area contributed by atoms with E-state index in [0.29, 0.717) is 10.6 Å². The molecule has 0 saturated heterocycles. The number of fused-ring (bicyclic) bond motifs is 2. The summed E-state index contributed by atoms with van der Waals surface area (Å²) in [4.78, 5) is 29.2. The van der Waals surface area contributed by atoms with Gasteiger partial charge < -0.3 is 10.2 Å². The van der Waals surface area contributed by atoms with E-state index in [-0.39, 0.29) is 11.9 Å². The minimum Gasteiger partial charge on any atom is -0.344 e. The third-order valence-corrected chi connectivity index (χ3v) is 6.16. The fourth-order valence-corrected chi connectivity index (χ4v) is 4.39. The molecule has 1 amide bonds. The number of hydrogen-bond donors (Lipinski definition) is 1. The van der Waals surface area contributed by atoms with Crippen molar-refractivity contribution < 1.29 is 4.79 Å². The minimum absolute atomic E-state index is 0.150. The van der Waals surface area contributed by atoms with Crippen molar-refractivity contribution in [3.05, 3.63) is 88.5 Å². The molecule has 3 heterocycles. The molecular weight excluding hydrogens is 434 g/mol. The number of halogens is 1. The molecule has 6 nitrogen and oxygen atoms in total. The first-order chi connectivity index (χ1) is 16.0. The van der Waals surface area contributed by atoms with Crippen LogP contribution in [0.3, 0.4) is 0 Å². The second-order valence-corrected chi connectivity index (χ2v) is 8.71. The van der Waals surface area contributed by atoms with Gasteiger partial charge in [0.25, 0.3) is 5.91 Å². The third kappa shape index (κ3) is 4.26. The van der Waals surface area contributed by atoms with Crippen molar-refractivity contribution in [1.29, 1.82) is 0 Å². The second kappa shape index (κ2) is 8.79. The van der Waals surface area contributed by atoms with Crippen LogP contribution in [-0.4, -0.2) is 27.4 Å². The summed E-state index contributed by atoms with van der Waals surface area (Å²) >= 11 is 5.93. The Morgan fingerprint density at radius 2 is 1.82 bits per heavy atom. The largest absolute Gasteiger partial charge is 0.344 e.